The predicted molar refractivity (Wildman–Crippen MR) is 116 cm³/mol. The van der Waals surface area contributed by atoms with E-state index in [1.54, 1.807) is 30.5 Å². The first kappa shape index (κ1) is 20.0. The predicted octanol–water partition coefficient (Wildman–Crippen LogP) is 4.40. The molecule has 29 heavy (non-hydrogen) atoms. The number of hydrogen-bond acceptors (Lipinski definition) is 4. The van der Waals surface area contributed by atoms with Crippen LogP contribution in [-0.2, 0) is 0 Å². The largest absolute Gasteiger partial charge is 0.494 e. The molecular weight excluding hydrogens is 364 g/mol. The molecule has 0 atom stereocenters. The van der Waals surface area contributed by atoms with Gasteiger partial charge in [-0.15, -0.1) is 6.42 Å². The smallest absolute Gasteiger partial charge is 0.271 e. The number of hydrogen-bond donors (Lipinski definition) is 1. The summed E-state index contributed by atoms with van der Waals surface area (Å²) in [5, 5.41) is 6.12. The molecule has 0 bridgehead atoms. The third-order valence-electron chi connectivity index (χ3n) is 4.19. The standard InChI is InChI=1S/C24H22N2O3/c1-3-15-28-20-12-9-19(10-13-20)24(27)26-25-17-22-21-8-6-5-7-18(21)11-14-23(22)29-16-4-2/h2,5-14,17H,3,15-16H2,1H3,(H,26,27)/b25-17-. The Bertz CT molecular complexity index is 1050. The molecule has 0 saturated heterocycles. The van der Waals surface area contributed by atoms with Crippen LogP contribution in [0, 0.1) is 12.3 Å². The molecular formula is C24H22N2O3. The van der Waals surface area contributed by atoms with Crippen LogP contribution in [0.2, 0.25) is 0 Å². The molecule has 146 valence electrons. The van der Waals surface area contributed by atoms with Crippen molar-refractivity contribution in [3.8, 4) is 23.8 Å². The van der Waals surface area contributed by atoms with Gasteiger partial charge in [-0.05, 0) is 47.5 Å². The molecule has 0 aliphatic rings. The molecule has 0 radical (unpaired) electrons. The summed E-state index contributed by atoms with van der Waals surface area (Å²) >= 11 is 0. The lowest BCUT2D eigenvalue weighted by molar-refractivity contribution is 0.0955. The summed E-state index contributed by atoms with van der Waals surface area (Å²) in [5.74, 6) is 3.49. The number of hydrazone groups is 1. The molecule has 0 spiro atoms. The average Bonchev–Trinajstić information content (AvgIpc) is 2.77. The molecule has 0 saturated carbocycles. The van der Waals surface area contributed by atoms with Crippen LogP contribution in [-0.4, -0.2) is 25.3 Å². The summed E-state index contributed by atoms with van der Waals surface area (Å²) in [6.45, 7) is 2.84. The number of rotatable bonds is 8. The Balaban J connectivity index is 1.76. The fourth-order valence-corrected chi connectivity index (χ4v) is 2.80. The minimum absolute atomic E-state index is 0.151. The van der Waals surface area contributed by atoms with Gasteiger partial charge in [0.25, 0.3) is 5.91 Å². The molecule has 0 aliphatic heterocycles. The summed E-state index contributed by atoms with van der Waals surface area (Å²) in [6.07, 6.45) is 7.81. The Hall–Kier alpha value is -3.78. The Morgan fingerprint density at radius 2 is 1.90 bits per heavy atom. The number of terminal acetylenes is 1. The first-order valence-corrected chi connectivity index (χ1v) is 9.37. The number of benzene rings is 3. The van der Waals surface area contributed by atoms with E-state index in [0.717, 1.165) is 28.5 Å². The Labute approximate surface area is 170 Å². The van der Waals surface area contributed by atoms with E-state index in [-0.39, 0.29) is 12.5 Å². The van der Waals surface area contributed by atoms with Crippen molar-refractivity contribution in [2.75, 3.05) is 13.2 Å². The second-order valence-electron chi connectivity index (χ2n) is 6.26. The minimum atomic E-state index is -0.311. The van der Waals surface area contributed by atoms with Gasteiger partial charge in [0.1, 0.15) is 18.1 Å². The Morgan fingerprint density at radius 3 is 2.66 bits per heavy atom. The second-order valence-corrected chi connectivity index (χ2v) is 6.26. The van der Waals surface area contributed by atoms with Gasteiger partial charge in [-0.2, -0.15) is 5.10 Å². The van der Waals surface area contributed by atoms with Crippen molar-refractivity contribution in [2.24, 2.45) is 5.10 Å². The van der Waals surface area contributed by atoms with Crippen molar-refractivity contribution in [2.45, 2.75) is 13.3 Å². The molecule has 5 heteroatoms. The highest BCUT2D eigenvalue weighted by atomic mass is 16.5. The van der Waals surface area contributed by atoms with Crippen LogP contribution in [0.1, 0.15) is 29.3 Å². The molecule has 1 N–H and O–H groups in total. The van der Waals surface area contributed by atoms with E-state index < -0.39 is 0 Å². The number of fused-ring (bicyclic) bond motifs is 1. The second kappa shape index (κ2) is 9.95. The lowest BCUT2D eigenvalue weighted by atomic mass is 10.0. The number of nitrogens with zero attached hydrogens (tertiary/aromatic N) is 1. The van der Waals surface area contributed by atoms with Gasteiger partial charge in [-0.3, -0.25) is 4.79 Å². The summed E-state index contributed by atoms with van der Waals surface area (Å²) in [4.78, 5) is 12.4. The minimum Gasteiger partial charge on any atom is -0.494 e. The van der Waals surface area contributed by atoms with Gasteiger partial charge in [0, 0.05) is 11.1 Å². The van der Waals surface area contributed by atoms with Crippen molar-refractivity contribution in [3.05, 3.63) is 71.8 Å². The highest BCUT2D eigenvalue weighted by molar-refractivity contribution is 6.03. The molecule has 0 aliphatic carbocycles. The first-order valence-electron chi connectivity index (χ1n) is 9.37. The number of amides is 1. The quantitative estimate of drug-likeness (QED) is 0.354. The molecule has 0 aromatic heterocycles. The maximum absolute atomic E-state index is 12.4. The Kier molecular flexibility index (Phi) is 6.85. The highest BCUT2D eigenvalue weighted by Crippen LogP contribution is 2.26. The first-order chi connectivity index (χ1) is 14.2. The van der Waals surface area contributed by atoms with E-state index in [9.17, 15) is 4.79 Å². The van der Waals surface area contributed by atoms with Crippen LogP contribution in [0.3, 0.4) is 0 Å². The summed E-state index contributed by atoms with van der Waals surface area (Å²) in [5.41, 5.74) is 3.80. The SMILES string of the molecule is C#CCOc1ccc2ccccc2c1/C=N\NC(=O)c1ccc(OCCC)cc1. The van der Waals surface area contributed by atoms with E-state index in [4.69, 9.17) is 15.9 Å². The molecule has 5 nitrogen and oxygen atoms in total. The zero-order chi connectivity index (χ0) is 20.5. The highest BCUT2D eigenvalue weighted by Gasteiger charge is 2.08. The molecule has 3 aromatic rings. The lowest BCUT2D eigenvalue weighted by Gasteiger charge is -2.10. The lowest BCUT2D eigenvalue weighted by Crippen LogP contribution is -2.17. The third-order valence-corrected chi connectivity index (χ3v) is 4.19. The van der Waals surface area contributed by atoms with Crippen molar-refractivity contribution in [3.63, 3.8) is 0 Å². The number of ether oxygens (including phenoxy) is 2. The maximum Gasteiger partial charge on any atom is 0.271 e. The zero-order valence-corrected chi connectivity index (χ0v) is 16.2. The van der Waals surface area contributed by atoms with Crippen LogP contribution >= 0.6 is 0 Å². The van der Waals surface area contributed by atoms with E-state index >= 15 is 0 Å². The van der Waals surface area contributed by atoms with Crippen molar-refractivity contribution in [1.82, 2.24) is 5.43 Å². The number of carbonyl (C=O) groups excluding carboxylic acids is 1. The number of nitrogens with one attached hydrogen (secondary N) is 1. The monoisotopic (exact) mass is 386 g/mol. The van der Waals surface area contributed by atoms with Crippen LogP contribution in [0.15, 0.2) is 65.8 Å². The van der Waals surface area contributed by atoms with Gasteiger partial charge in [-0.1, -0.05) is 43.2 Å². The van der Waals surface area contributed by atoms with Crippen molar-refractivity contribution >= 4 is 22.9 Å². The van der Waals surface area contributed by atoms with Crippen molar-refractivity contribution < 1.29 is 14.3 Å². The molecule has 3 aromatic carbocycles. The average molecular weight is 386 g/mol. The Morgan fingerprint density at radius 1 is 1.10 bits per heavy atom. The molecule has 3 rings (SSSR count). The van der Waals surface area contributed by atoms with Gasteiger partial charge in [0.05, 0.1) is 12.8 Å². The number of carbonyl (C=O) groups is 1. The van der Waals surface area contributed by atoms with Gasteiger partial charge in [-0.25, -0.2) is 5.43 Å². The van der Waals surface area contributed by atoms with Crippen LogP contribution in [0.5, 0.6) is 11.5 Å². The van der Waals surface area contributed by atoms with E-state index in [1.807, 2.05) is 43.3 Å². The topological polar surface area (TPSA) is 59.9 Å². The molecule has 1 amide bonds. The summed E-state index contributed by atoms with van der Waals surface area (Å²) in [6, 6.07) is 18.6. The zero-order valence-electron chi connectivity index (χ0n) is 16.2. The van der Waals surface area contributed by atoms with Gasteiger partial charge in [0.2, 0.25) is 0 Å². The van der Waals surface area contributed by atoms with Crippen LogP contribution in [0.4, 0.5) is 0 Å². The van der Waals surface area contributed by atoms with Gasteiger partial charge >= 0.3 is 0 Å². The normalized spacial score (nSPS) is 10.6. The van der Waals surface area contributed by atoms with E-state index in [1.165, 1.54) is 0 Å². The third kappa shape index (κ3) is 5.14. The van der Waals surface area contributed by atoms with Crippen LogP contribution in [0.25, 0.3) is 10.8 Å². The summed E-state index contributed by atoms with van der Waals surface area (Å²) < 4.78 is 11.2. The fourth-order valence-electron chi connectivity index (χ4n) is 2.80. The van der Waals surface area contributed by atoms with E-state index in [0.29, 0.717) is 17.9 Å². The summed E-state index contributed by atoms with van der Waals surface area (Å²) in [7, 11) is 0. The fraction of sp³-hybridized carbons (Fsp3) is 0.167. The van der Waals surface area contributed by atoms with Gasteiger partial charge < -0.3 is 9.47 Å². The van der Waals surface area contributed by atoms with Gasteiger partial charge in [0.15, 0.2) is 0 Å². The van der Waals surface area contributed by atoms with Crippen molar-refractivity contribution in [1.29, 1.82) is 0 Å². The van der Waals surface area contributed by atoms with E-state index in [2.05, 4.69) is 16.4 Å². The molecule has 0 heterocycles. The maximum atomic E-state index is 12.4. The molecule has 0 unspecified atom stereocenters. The van der Waals surface area contributed by atoms with Crippen LogP contribution < -0.4 is 14.9 Å². The molecule has 0 fully saturated rings.